The highest BCUT2D eigenvalue weighted by Gasteiger charge is 2.15. The molecule has 0 spiro atoms. The number of nitrogens with one attached hydrogen (secondary N) is 2. The van der Waals surface area contributed by atoms with Crippen molar-refractivity contribution in [3.63, 3.8) is 0 Å². The van der Waals surface area contributed by atoms with E-state index >= 15 is 0 Å². The molecule has 0 aliphatic carbocycles. The van der Waals surface area contributed by atoms with E-state index in [-0.39, 0.29) is 24.9 Å². The van der Waals surface area contributed by atoms with Gasteiger partial charge in [0.15, 0.2) is 6.10 Å². The van der Waals surface area contributed by atoms with Crippen molar-refractivity contribution in [2.45, 2.75) is 20.0 Å². The maximum absolute atomic E-state index is 12.1. The van der Waals surface area contributed by atoms with Crippen molar-refractivity contribution < 1.29 is 14.3 Å². The van der Waals surface area contributed by atoms with E-state index in [0.717, 1.165) is 5.56 Å². The van der Waals surface area contributed by atoms with Gasteiger partial charge in [0.05, 0.1) is 10.6 Å². The number of hydrogen-bond acceptors (Lipinski definition) is 3. The molecule has 2 rings (SSSR count). The van der Waals surface area contributed by atoms with Gasteiger partial charge in [0.2, 0.25) is 0 Å². The number of rotatable bonds is 7. The monoisotopic (exact) mass is 394 g/mol. The first-order chi connectivity index (χ1) is 12.4. The summed E-state index contributed by atoms with van der Waals surface area (Å²) in [6, 6.07) is 12.0. The minimum absolute atomic E-state index is 0.272. The van der Waals surface area contributed by atoms with E-state index in [4.69, 9.17) is 27.9 Å². The first kappa shape index (κ1) is 20.1. The average molecular weight is 395 g/mol. The van der Waals surface area contributed by atoms with Gasteiger partial charge >= 0.3 is 0 Å². The molecule has 1 atom stereocenters. The molecule has 0 radical (unpaired) electrons. The van der Waals surface area contributed by atoms with Gasteiger partial charge < -0.3 is 15.4 Å². The van der Waals surface area contributed by atoms with Crippen molar-refractivity contribution in [2.24, 2.45) is 0 Å². The van der Waals surface area contributed by atoms with E-state index in [9.17, 15) is 9.59 Å². The highest BCUT2D eigenvalue weighted by Crippen LogP contribution is 2.22. The Kier molecular flexibility index (Phi) is 7.30. The first-order valence-electron chi connectivity index (χ1n) is 8.11. The standard InChI is InChI=1S/C19H20Cl2N2O3/c1-12-11-14(20)7-8-17(12)26-13(2)18(24)22-9-10-23-19(25)15-5-3-4-6-16(15)21/h3-8,11,13H,9-10H2,1-2H3,(H,22,24)(H,23,25). The predicted molar refractivity (Wildman–Crippen MR) is 103 cm³/mol. The summed E-state index contributed by atoms with van der Waals surface area (Å²) < 4.78 is 5.65. The quantitative estimate of drug-likeness (QED) is 0.704. The SMILES string of the molecule is Cc1cc(Cl)ccc1OC(C)C(=O)NCCNC(=O)c1ccccc1Cl. The maximum Gasteiger partial charge on any atom is 0.260 e. The van der Waals surface area contributed by atoms with Gasteiger partial charge in [0, 0.05) is 18.1 Å². The molecule has 7 heteroatoms. The summed E-state index contributed by atoms with van der Waals surface area (Å²) in [5.41, 5.74) is 1.25. The second-order valence-corrected chi connectivity index (χ2v) is 6.54. The summed E-state index contributed by atoms with van der Waals surface area (Å²) in [7, 11) is 0. The fraction of sp³-hybridized carbons (Fsp3) is 0.263. The second kappa shape index (κ2) is 9.46. The molecule has 138 valence electrons. The van der Waals surface area contributed by atoms with E-state index in [0.29, 0.717) is 21.4 Å². The van der Waals surface area contributed by atoms with E-state index in [2.05, 4.69) is 10.6 Å². The van der Waals surface area contributed by atoms with Crippen molar-refractivity contribution in [3.05, 3.63) is 63.6 Å². The van der Waals surface area contributed by atoms with Crippen LogP contribution in [0.15, 0.2) is 42.5 Å². The van der Waals surface area contributed by atoms with Crippen LogP contribution in [0.4, 0.5) is 0 Å². The molecule has 0 aliphatic rings. The summed E-state index contributed by atoms with van der Waals surface area (Å²) >= 11 is 11.9. The van der Waals surface area contributed by atoms with E-state index < -0.39 is 6.10 Å². The van der Waals surface area contributed by atoms with Gasteiger partial charge in [-0.3, -0.25) is 9.59 Å². The van der Waals surface area contributed by atoms with Crippen LogP contribution in [-0.2, 0) is 4.79 Å². The van der Waals surface area contributed by atoms with Crippen LogP contribution in [-0.4, -0.2) is 31.0 Å². The van der Waals surface area contributed by atoms with Gasteiger partial charge in [-0.15, -0.1) is 0 Å². The summed E-state index contributed by atoms with van der Waals surface area (Å²) in [4.78, 5) is 24.1. The number of aryl methyl sites for hydroxylation is 1. The number of ether oxygens (including phenoxy) is 1. The number of halogens is 2. The molecular formula is C19H20Cl2N2O3. The lowest BCUT2D eigenvalue weighted by molar-refractivity contribution is -0.127. The topological polar surface area (TPSA) is 67.4 Å². The van der Waals surface area contributed by atoms with Crippen LogP contribution in [0.25, 0.3) is 0 Å². The zero-order valence-electron chi connectivity index (χ0n) is 14.5. The molecule has 1 unspecified atom stereocenters. The third kappa shape index (κ3) is 5.64. The molecule has 5 nitrogen and oxygen atoms in total. The number of benzene rings is 2. The van der Waals surface area contributed by atoms with Crippen LogP contribution in [0.2, 0.25) is 10.0 Å². The molecule has 2 aromatic carbocycles. The largest absolute Gasteiger partial charge is 0.481 e. The summed E-state index contributed by atoms with van der Waals surface area (Å²) in [6.45, 7) is 4.08. The number of carbonyl (C=O) groups is 2. The fourth-order valence-corrected chi connectivity index (χ4v) is 2.68. The molecule has 0 bridgehead atoms. The third-order valence-corrected chi connectivity index (χ3v) is 4.20. The van der Waals surface area contributed by atoms with Gasteiger partial charge in [-0.05, 0) is 49.7 Å². The zero-order chi connectivity index (χ0) is 19.1. The minimum atomic E-state index is -0.672. The van der Waals surface area contributed by atoms with Gasteiger partial charge in [-0.25, -0.2) is 0 Å². The molecule has 26 heavy (non-hydrogen) atoms. The van der Waals surface area contributed by atoms with Gasteiger partial charge in [0.25, 0.3) is 11.8 Å². The normalized spacial score (nSPS) is 11.5. The van der Waals surface area contributed by atoms with Crippen molar-refractivity contribution >= 4 is 35.0 Å². The summed E-state index contributed by atoms with van der Waals surface area (Å²) in [5, 5.41) is 6.42. The Labute approximate surface area is 162 Å². The molecular weight excluding hydrogens is 375 g/mol. The van der Waals surface area contributed by atoms with Crippen LogP contribution in [0.1, 0.15) is 22.8 Å². The zero-order valence-corrected chi connectivity index (χ0v) is 16.0. The van der Waals surface area contributed by atoms with Crippen molar-refractivity contribution in [1.29, 1.82) is 0 Å². The Hall–Kier alpha value is -2.24. The van der Waals surface area contributed by atoms with Crippen LogP contribution in [0.3, 0.4) is 0 Å². The van der Waals surface area contributed by atoms with Gasteiger partial charge in [-0.1, -0.05) is 35.3 Å². The average Bonchev–Trinajstić information content (AvgIpc) is 2.61. The Bertz CT molecular complexity index is 796. The van der Waals surface area contributed by atoms with Gasteiger partial charge in [0.1, 0.15) is 5.75 Å². The fourth-order valence-electron chi connectivity index (χ4n) is 2.24. The van der Waals surface area contributed by atoms with Crippen LogP contribution >= 0.6 is 23.2 Å². The molecule has 2 N–H and O–H groups in total. The molecule has 0 fully saturated rings. The second-order valence-electron chi connectivity index (χ2n) is 5.70. The molecule has 0 heterocycles. The predicted octanol–water partition coefficient (Wildman–Crippen LogP) is 3.62. The molecule has 0 saturated heterocycles. The lowest BCUT2D eigenvalue weighted by Gasteiger charge is -2.16. The lowest BCUT2D eigenvalue weighted by atomic mass is 10.2. The summed E-state index contributed by atoms with van der Waals surface area (Å²) in [6.07, 6.45) is -0.672. The molecule has 0 saturated carbocycles. The lowest BCUT2D eigenvalue weighted by Crippen LogP contribution is -2.40. The van der Waals surface area contributed by atoms with Crippen molar-refractivity contribution in [3.8, 4) is 5.75 Å². The minimum Gasteiger partial charge on any atom is -0.481 e. The molecule has 2 amide bonds. The van der Waals surface area contributed by atoms with Crippen molar-refractivity contribution in [2.75, 3.05) is 13.1 Å². The number of amides is 2. The first-order valence-corrected chi connectivity index (χ1v) is 8.87. The Morgan fingerprint density at radius 2 is 1.77 bits per heavy atom. The van der Waals surface area contributed by atoms with Gasteiger partial charge in [-0.2, -0.15) is 0 Å². The highest BCUT2D eigenvalue weighted by molar-refractivity contribution is 6.33. The van der Waals surface area contributed by atoms with Crippen LogP contribution in [0, 0.1) is 6.92 Å². The number of carbonyl (C=O) groups excluding carboxylic acids is 2. The van der Waals surface area contributed by atoms with Crippen molar-refractivity contribution in [1.82, 2.24) is 10.6 Å². The summed E-state index contributed by atoms with van der Waals surface area (Å²) in [5.74, 6) is 0.0429. The Morgan fingerprint density at radius 3 is 2.46 bits per heavy atom. The number of hydrogen-bond donors (Lipinski definition) is 2. The third-order valence-electron chi connectivity index (χ3n) is 3.64. The maximum atomic E-state index is 12.1. The molecule has 0 aliphatic heterocycles. The smallest absolute Gasteiger partial charge is 0.260 e. The highest BCUT2D eigenvalue weighted by atomic mass is 35.5. The van der Waals surface area contributed by atoms with E-state index in [1.807, 2.05) is 6.92 Å². The van der Waals surface area contributed by atoms with E-state index in [1.165, 1.54) is 0 Å². The Balaban J connectivity index is 1.76. The van der Waals surface area contributed by atoms with E-state index in [1.54, 1.807) is 49.4 Å². The molecule has 2 aromatic rings. The Morgan fingerprint density at radius 1 is 1.08 bits per heavy atom. The molecule has 0 aromatic heterocycles. The van der Waals surface area contributed by atoms with Crippen LogP contribution in [0.5, 0.6) is 5.75 Å². The van der Waals surface area contributed by atoms with Crippen LogP contribution < -0.4 is 15.4 Å².